The van der Waals surface area contributed by atoms with Crippen LogP contribution in [0.25, 0.3) is 0 Å². The summed E-state index contributed by atoms with van der Waals surface area (Å²) < 4.78 is 18.0. The van der Waals surface area contributed by atoms with Gasteiger partial charge in [0.1, 0.15) is 5.60 Å². The quantitative estimate of drug-likeness (QED) is 0.921. The van der Waals surface area contributed by atoms with E-state index in [2.05, 4.69) is 0 Å². The van der Waals surface area contributed by atoms with Crippen LogP contribution in [-0.2, 0) is 0 Å². The van der Waals surface area contributed by atoms with E-state index in [0.717, 1.165) is 42.1 Å². The summed E-state index contributed by atoms with van der Waals surface area (Å²) in [6, 6.07) is 3.99. The molecule has 4 heteroatoms. The Morgan fingerprint density at radius 2 is 1.90 bits per heavy atom. The molecule has 116 valence electrons. The summed E-state index contributed by atoms with van der Waals surface area (Å²) in [5, 5.41) is 0. The molecule has 1 fully saturated rings. The summed E-state index contributed by atoms with van der Waals surface area (Å²) in [6.45, 7) is 5.14. The number of hydrogen-bond donors (Lipinski definition) is 1. The SMILES string of the molecule is CCOc1ccc2c(c1OCC)OC1(CCCC1)CC2N. The lowest BCUT2D eigenvalue weighted by molar-refractivity contribution is 0.0381. The summed E-state index contributed by atoms with van der Waals surface area (Å²) >= 11 is 0. The van der Waals surface area contributed by atoms with Crippen LogP contribution in [0.2, 0.25) is 0 Å². The molecular formula is C17H25NO3. The third kappa shape index (κ3) is 2.57. The molecule has 1 aromatic rings. The maximum atomic E-state index is 6.44. The Hall–Kier alpha value is -1.42. The van der Waals surface area contributed by atoms with Gasteiger partial charge in [0, 0.05) is 18.0 Å². The molecule has 2 aliphatic rings. The smallest absolute Gasteiger partial charge is 0.203 e. The van der Waals surface area contributed by atoms with Crippen LogP contribution in [0.1, 0.15) is 57.6 Å². The van der Waals surface area contributed by atoms with E-state index in [1.807, 2.05) is 26.0 Å². The minimum atomic E-state index is -0.0941. The van der Waals surface area contributed by atoms with Crippen molar-refractivity contribution in [1.29, 1.82) is 0 Å². The van der Waals surface area contributed by atoms with Crippen molar-refractivity contribution in [2.75, 3.05) is 13.2 Å². The Balaban J connectivity index is 2.04. The van der Waals surface area contributed by atoms with Crippen molar-refractivity contribution >= 4 is 0 Å². The van der Waals surface area contributed by atoms with Crippen LogP contribution >= 0.6 is 0 Å². The second-order valence-electron chi connectivity index (χ2n) is 5.98. The van der Waals surface area contributed by atoms with Crippen molar-refractivity contribution in [3.05, 3.63) is 17.7 Å². The monoisotopic (exact) mass is 291 g/mol. The van der Waals surface area contributed by atoms with Gasteiger partial charge in [-0.05, 0) is 51.7 Å². The number of fused-ring (bicyclic) bond motifs is 1. The topological polar surface area (TPSA) is 53.7 Å². The van der Waals surface area contributed by atoms with Crippen LogP contribution < -0.4 is 19.9 Å². The van der Waals surface area contributed by atoms with Crippen LogP contribution in [0.4, 0.5) is 0 Å². The molecule has 1 aliphatic heterocycles. The lowest BCUT2D eigenvalue weighted by Crippen LogP contribution is -2.40. The molecule has 0 radical (unpaired) electrons. The number of benzene rings is 1. The Morgan fingerprint density at radius 1 is 1.19 bits per heavy atom. The van der Waals surface area contributed by atoms with E-state index in [1.54, 1.807) is 0 Å². The van der Waals surface area contributed by atoms with Gasteiger partial charge in [-0.3, -0.25) is 0 Å². The molecule has 0 aromatic heterocycles. The molecule has 1 aromatic carbocycles. The van der Waals surface area contributed by atoms with Gasteiger partial charge in [-0.2, -0.15) is 0 Å². The van der Waals surface area contributed by atoms with Crippen LogP contribution in [-0.4, -0.2) is 18.8 Å². The molecule has 2 N–H and O–H groups in total. The summed E-state index contributed by atoms with van der Waals surface area (Å²) in [7, 11) is 0. The average Bonchev–Trinajstić information content (AvgIpc) is 2.90. The molecule has 1 saturated carbocycles. The zero-order valence-corrected chi connectivity index (χ0v) is 13.0. The summed E-state index contributed by atoms with van der Waals surface area (Å²) in [5.41, 5.74) is 7.36. The van der Waals surface area contributed by atoms with Gasteiger partial charge in [0.25, 0.3) is 0 Å². The Kier molecular flexibility index (Phi) is 3.98. The average molecular weight is 291 g/mol. The highest BCUT2D eigenvalue weighted by Crippen LogP contribution is 2.52. The fraction of sp³-hybridized carbons (Fsp3) is 0.647. The third-order valence-corrected chi connectivity index (χ3v) is 4.52. The first-order valence-electron chi connectivity index (χ1n) is 8.06. The standard InChI is InChI=1S/C17H25NO3/c1-3-19-14-8-7-12-13(18)11-17(9-5-6-10-17)21-15(12)16(14)20-4-2/h7-8,13H,3-6,9-11,18H2,1-2H3. The molecule has 0 amide bonds. The summed E-state index contributed by atoms with van der Waals surface area (Å²) in [5.74, 6) is 2.28. The van der Waals surface area contributed by atoms with Crippen LogP contribution in [0.5, 0.6) is 17.2 Å². The second-order valence-corrected chi connectivity index (χ2v) is 5.98. The summed E-state index contributed by atoms with van der Waals surface area (Å²) in [4.78, 5) is 0. The van der Waals surface area contributed by atoms with E-state index in [-0.39, 0.29) is 11.6 Å². The van der Waals surface area contributed by atoms with Crippen LogP contribution in [0.15, 0.2) is 12.1 Å². The molecule has 0 bridgehead atoms. The minimum absolute atomic E-state index is 0.0155. The lowest BCUT2D eigenvalue weighted by atomic mass is 9.86. The Morgan fingerprint density at radius 3 is 2.57 bits per heavy atom. The van der Waals surface area contributed by atoms with Crippen molar-refractivity contribution in [3.8, 4) is 17.2 Å². The molecular weight excluding hydrogens is 266 g/mol. The van der Waals surface area contributed by atoms with E-state index in [9.17, 15) is 0 Å². The van der Waals surface area contributed by atoms with Crippen molar-refractivity contribution in [1.82, 2.24) is 0 Å². The maximum absolute atomic E-state index is 6.44. The Labute approximate surface area is 126 Å². The highest BCUT2D eigenvalue weighted by atomic mass is 16.6. The number of nitrogens with two attached hydrogens (primary N) is 1. The molecule has 1 spiro atoms. The van der Waals surface area contributed by atoms with Gasteiger partial charge in [0.15, 0.2) is 11.5 Å². The number of hydrogen-bond acceptors (Lipinski definition) is 4. The first kappa shape index (κ1) is 14.5. The van der Waals surface area contributed by atoms with Gasteiger partial charge in [0.05, 0.1) is 13.2 Å². The van der Waals surface area contributed by atoms with Gasteiger partial charge in [0.2, 0.25) is 5.75 Å². The maximum Gasteiger partial charge on any atom is 0.203 e. The fourth-order valence-corrected chi connectivity index (χ4v) is 3.60. The molecule has 3 rings (SSSR count). The molecule has 1 unspecified atom stereocenters. The molecule has 21 heavy (non-hydrogen) atoms. The molecule has 4 nitrogen and oxygen atoms in total. The number of ether oxygens (including phenoxy) is 3. The summed E-state index contributed by atoms with van der Waals surface area (Å²) in [6.07, 6.45) is 5.52. The second kappa shape index (κ2) is 5.76. The van der Waals surface area contributed by atoms with Gasteiger partial charge >= 0.3 is 0 Å². The lowest BCUT2D eigenvalue weighted by Gasteiger charge is -2.39. The van der Waals surface area contributed by atoms with Gasteiger partial charge in [-0.25, -0.2) is 0 Å². The molecule has 1 heterocycles. The van der Waals surface area contributed by atoms with Crippen LogP contribution in [0.3, 0.4) is 0 Å². The van der Waals surface area contributed by atoms with Gasteiger partial charge in [-0.1, -0.05) is 0 Å². The molecule has 1 atom stereocenters. The van der Waals surface area contributed by atoms with E-state index >= 15 is 0 Å². The predicted octanol–water partition coefficient (Wildman–Crippen LogP) is 3.58. The zero-order valence-electron chi connectivity index (χ0n) is 13.0. The van der Waals surface area contributed by atoms with Crippen LogP contribution in [0, 0.1) is 0 Å². The first-order valence-corrected chi connectivity index (χ1v) is 8.06. The van der Waals surface area contributed by atoms with Gasteiger partial charge in [-0.15, -0.1) is 0 Å². The van der Waals surface area contributed by atoms with E-state index < -0.39 is 0 Å². The largest absolute Gasteiger partial charge is 0.490 e. The van der Waals surface area contributed by atoms with Crippen molar-refractivity contribution in [3.63, 3.8) is 0 Å². The van der Waals surface area contributed by atoms with E-state index in [1.165, 1.54) is 12.8 Å². The van der Waals surface area contributed by atoms with Crippen molar-refractivity contribution < 1.29 is 14.2 Å². The molecule has 1 aliphatic carbocycles. The zero-order chi connectivity index (χ0) is 14.9. The van der Waals surface area contributed by atoms with Gasteiger partial charge < -0.3 is 19.9 Å². The highest BCUT2D eigenvalue weighted by Gasteiger charge is 2.43. The first-order chi connectivity index (χ1) is 10.2. The van der Waals surface area contributed by atoms with E-state index in [4.69, 9.17) is 19.9 Å². The minimum Gasteiger partial charge on any atom is -0.490 e. The predicted molar refractivity (Wildman–Crippen MR) is 82.2 cm³/mol. The third-order valence-electron chi connectivity index (χ3n) is 4.52. The Bertz CT molecular complexity index is 509. The van der Waals surface area contributed by atoms with Crippen molar-refractivity contribution in [2.45, 2.75) is 57.6 Å². The van der Waals surface area contributed by atoms with E-state index in [0.29, 0.717) is 13.2 Å². The fourth-order valence-electron chi connectivity index (χ4n) is 3.60. The normalized spacial score (nSPS) is 22.7. The number of rotatable bonds is 4. The van der Waals surface area contributed by atoms with Crippen molar-refractivity contribution in [2.24, 2.45) is 5.73 Å². The molecule has 0 saturated heterocycles. The highest BCUT2D eigenvalue weighted by molar-refractivity contribution is 5.58.